The van der Waals surface area contributed by atoms with Gasteiger partial charge in [0.05, 0.1) is 5.56 Å². The van der Waals surface area contributed by atoms with E-state index in [4.69, 9.17) is 11.0 Å². The van der Waals surface area contributed by atoms with Crippen molar-refractivity contribution in [2.75, 3.05) is 0 Å². The van der Waals surface area contributed by atoms with Crippen molar-refractivity contribution in [3.63, 3.8) is 0 Å². The second kappa shape index (κ2) is 5.69. The molecule has 0 heterocycles. The summed E-state index contributed by atoms with van der Waals surface area (Å²) in [5.74, 6) is -0.0339. The number of phenols is 1. The summed E-state index contributed by atoms with van der Waals surface area (Å²) in [5.41, 5.74) is 6.79. The topological polar surface area (TPSA) is 70.0 Å². The predicted molar refractivity (Wildman–Crippen MR) is 66.9 cm³/mol. The van der Waals surface area contributed by atoms with Crippen LogP contribution in [0, 0.1) is 11.3 Å². The molecular formula is C12H13BrN2O. The Labute approximate surface area is 103 Å². The highest BCUT2D eigenvalue weighted by molar-refractivity contribution is 9.10. The lowest BCUT2D eigenvalue weighted by Crippen LogP contribution is -2.11. The summed E-state index contributed by atoms with van der Waals surface area (Å²) >= 11 is 3.33. The second-order valence-electron chi connectivity index (χ2n) is 3.44. The van der Waals surface area contributed by atoms with Crippen molar-refractivity contribution in [2.45, 2.75) is 18.9 Å². The molecule has 0 amide bonds. The van der Waals surface area contributed by atoms with Crippen LogP contribution in [-0.4, -0.2) is 5.11 Å². The molecule has 3 N–H and O–H groups in total. The summed E-state index contributed by atoms with van der Waals surface area (Å²) in [6.07, 6.45) is 3.23. The highest BCUT2D eigenvalue weighted by Crippen LogP contribution is 2.35. The van der Waals surface area contributed by atoms with E-state index in [1.807, 2.05) is 6.07 Å². The van der Waals surface area contributed by atoms with Crippen molar-refractivity contribution in [3.8, 4) is 11.8 Å². The molecule has 1 aromatic rings. The van der Waals surface area contributed by atoms with Crippen LogP contribution in [0.1, 0.15) is 30.0 Å². The summed E-state index contributed by atoms with van der Waals surface area (Å²) in [6.45, 7) is 3.62. The maximum absolute atomic E-state index is 9.88. The zero-order chi connectivity index (χ0) is 12.1. The standard InChI is InChI=1S/C12H13BrN2O/c1-2-3-4-10(15)11-9(13)6-5-8(7-14)12(11)16/h2,5-6,10,16H,1,3-4,15H2/t10-/m0/s1. The molecular weight excluding hydrogens is 268 g/mol. The van der Waals surface area contributed by atoms with E-state index in [1.54, 1.807) is 18.2 Å². The number of nitrogens with two attached hydrogens (primary N) is 1. The van der Waals surface area contributed by atoms with Gasteiger partial charge in [-0.1, -0.05) is 22.0 Å². The first-order valence-electron chi connectivity index (χ1n) is 4.89. The Kier molecular flexibility index (Phi) is 4.53. The third kappa shape index (κ3) is 2.63. The van der Waals surface area contributed by atoms with Crippen LogP contribution < -0.4 is 5.73 Å². The van der Waals surface area contributed by atoms with Gasteiger partial charge in [0.2, 0.25) is 0 Å². The van der Waals surface area contributed by atoms with E-state index < -0.39 is 0 Å². The summed E-state index contributed by atoms with van der Waals surface area (Å²) in [6, 6.07) is 4.90. The molecule has 0 aromatic heterocycles. The van der Waals surface area contributed by atoms with Crippen LogP contribution in [0.25, 0.3) is 0 Å². The number of nitriles is 1. The van der Waals surface area contributed by atoms with Gasteiger partial charge in [-0.15, -0.1) is 6.58 Å². The van der Waals surface area contributed by atoms with Gasteiger partial charge in [-0.25, -0.2) is 0 Å². The monoisotopic (exact) mass is 280 g/mol. The van der Waals surface area contributed by atoms with Gasteiger partial charge >= 0.3 is 0 Å². The van der Waals surface area contributed by atoms with Gasteiger partial charge in [-0.05, 0) is 25.0 Å². The molecule has 16 heavy (non-hydrogen) atoms. The molecule has 0 bridgehead atoms. The molecule has 1 atom stereocenters. The zero-order valence-electron chi connectivity index (χ0n) is 8.78. The molecule has 0 unspecified atom stereocenters. The molecule has 0 spiro atoms. The number of allylic oxidation sites excluding steroid dienone is 1. The minimum absolute atomic E-state index is 0.0339. The molecule has 0 aliphatic heterocycles. The lowest BCUT2D eigenvalue weighted by Gasteiger charge is -2.15. The van der Waals surface area contributed by atoms with E-state index in [0.717, 1.165) is 10.9 Å². The Balaban J connectivity index is 3.11. The normalized spacial score (nSPS) is 11.8. The smallest absolute Gasteiger partial charge is 0.139 e. The lowest BCUT2D eigenvalue weighted by atomic mass is 9.99. The molecule has 3 nitrogen and oxygen atoms in total. The number of aromatic hydroxyl groups is 1. The third-order valence-electron chi connectivity index (χ3n) is 2.34. The van der Waals surface area contributed by atoms with Gasteiger partial charge in [0, 0.05) is 16.1 Å². The summed E-state index contributed by atoms with van der Waals surface area (Å²) in [7, 11) is 0. The highest BCUT2D eigenvalue weighted by atomic mass is 79.9. The van der Waals surface area contributed by atoms with Crippen LogP contribution in [0.2, 0.25) is 0 Å². The molecule has 0 saturated heterocycles. The second-order valence-corrected chi connectivity index (χ2v) is 4.30. The van der Waals surface area contributed by atoms with Gasteiger partial charge in [0.1, 0.15) is 11.8 Å². The SMILES string of the molecule is C=CCC[C@H](N)c1c(Br)ccc(C#N)c1O. The van der Waals surface area contributed by atoms with Gasteiger partial charge < -0.3 is 10.8 Å². The molecule has 1 rings (SSSR count). The van der Waals surface area contributed by atoms with E-state index in [9.17, 15) is 5.11 Å². The van der Waals surface area contributed by atoms with E-state index in [-0.39, 0.29) is 17.4 Å². The first-order chi connectivity index (χ1) is 7.61. The van der Waals surface area contributed by atoms with Crippen LogP contribution in [0.15, 0.2) is 29.3 Å². The minimum atomic E-state index is -0.305. The number of hydrogen-bond donors (Lipinski definition) is 2. The number of rotatable bonds is 4. The van der Waals surface area contributed by atoms with E-state index in [0.29, 0.717) is 12.0 Å². The molecule has 0 radical (unpaired) electrons. The predicted octanol–water partition coefficient (Wildman–Crippen LogP) is 2.99. The van der Waals surface area contributed by atoms with Gasteiger partial charge in [0.15, 0.2) is 0 Å². The Bertz CT molecular complexity index is 437. The van der Waals surface area contributed by atoms with Crippen molar-refractivity contribution >= 4 is 15.9 Å². The molecule has 0 aliphatic rings. The van der Waals surface area contributed by atoms with E-state index in [2.05, 4.69) is 22.5 Å². The number of hydrogen-bond acceptors (Lipinski definition) is 3. The minimum Gasteiger partial charge on any atom is -0.506 e. The number of benzene rings is 1. The zero-order valence-corrected chi connectivity index (χ0v) is 10.4. The number of nitrogens with zero attached hydrogens (tertiary/aromatic N) is 1. The van der Waals surface area contributed by atoms with Crippen molar-refractivity contribution in [3.05, 3.63) is 40.4 Å². The summed E-state index contributed by atoms with van der Waals surface area (Å²) in [5, 5.41) is 18.7. The average Bonchev–Trinajstić information content (AvgIpc) is 2.26. The van der Waals surface area contributed by atoms with Crippen LogP contribution in [0.5, 0.6) is 5.75 Å². The third-order valence-corrected chi connectivity index (χ3v) is 3.03. The summed E-state index contributed by atoms with van der Waals surface area (Å²) < 4.78 is 0.723. The van der Waals surface area contributed by atoms with Crippen molar-refractivity contribution < 1.29 is 5.11 Å². The Morgan fingerprint density at radius 2 is 2.31 bits per heavy atom. The van der Waals surface area contributed by atoms with Crippen LogP contribution in [0.3, 0.4) is 0 Å². The van der Waals surface area contributed by atoms with E-state index >= 15 is 0 Å². The van der Waals surface area contributed by atoms with Gasteiger partial charge in [-0.2, -0.15) is 5.26 Å². The fourth-order valence-corrected chi connectivity index (χ4v) is 2.08. The van der Waals surface area contributed by atoms with E-state index in [1.165, 1.54) is 0 Å². The van der Waals surface area contributed by atoms with Crippen LogP contribution in [-0.2, 0) is 0 Å². The number of phenolic OH excluding ortho intramolecular Hbond substituents is 1. The quantitative estimate of drug-likeness (QED) is 0.833. The maximum atomic E-state index is 9.88. The van der Waals surface area contributed by atoms with Crippen LogP contribution in [0.4, 0.5) is 0 Å². The Morgan fingerprint density at radius 1 is 1.62 bits per heavy atom. The molecule has 0 aliphatic carbocycles. The molecule has 1 aromatic carbocycles. The first-order valence-corrected chi connectivity index (χ1v) is 5.69. The molecule has 84 valence electrons. The molecule has 0 saturated carbocycles. The Morgan fingerprint density at radius 3 is 2.88 bits per heavy atom. The van der Waals surface area contributed by atoms with Crippen molar-refractivity contribution in [1.29, 1.82) is 5.26 Å². The first kappa shape index (κ1) is 12.8. The fourth-order valence-electron chi connectivity index (χ4n) is 1.47. The van der Waals surface area contributed by atoms with Crippen molar-refractivity contribution in [1.82, 2.24) is 0 Å². The van der Waals surface area contributed by atoms with Crippen LogP contribution >= 0.6 is 15.9 Å². The van der Waals surface area contributed by atoms with Gasteiger partial charge in [0.25, 0.3) is 0 Å². The Hall–Kier alpha value is -1.31. The van der Waals surface area contributed by atoms with Gasteiger partial charge in [-0.3, -0.25) is 0 Å². The van der Waals surface area contributed by atoms with Crippen molar-refractivity contribution in [2.24, 2.45) is 5.73 Å². The fraction of sp³-hybridized carbons (Fsp3) is 0.250. The maximum Gasteiger partial charge on any atom is 0.139 e. The molecule has 4 heteroatoms. The highest BCUT2D eigenvalue weighted by Gasteiger charge is 2.17. The largest absolute Gasteiger partial charge is 0.506 e. The number of halogens is 1. The summed E-state index contributed by atoms with van der Waals surface area (Å²) in [4.78, 5) is 0. The lowest BCUT2D eigenvalue weighted by molar-refractivity contribution is 0.456. The molecule has 0 fully saturated rings. The average molecular weight is 281 g/mol.